The lowest BCUT2D eigenvalue weighted by Gasteiger charge is -2.22. The summed E-state index contributed by atoms with van der Waals surface area (Å²) < 4.78 is 24.8. The van der Waals surface area contributed by atoms with E-state index >= 15 is 0 Å². The lowest BCUT2D eigenvalue weighted by atomic mass is 10.0. The van der Waals surface area contributed by atoms with Crippen molar-refractivity contribution >= 4 is 16.9 Å². The van der Waals surface area contributed by atoms with E-state index in [0.717, 1.165) is 16.7 Å². The van der Waals surface area contributed by atoms with Gasteiger partial charge in [-0.25, -0.2) is 9.38 Å². The molecule has 150 valence electrons. The van der Waals surface area contributed by atoms with E-state index in [0.29, 0.717) is 36.2 Å². The van der Waals surface area contributed by atoms with Crippen LogP contribution in [0.4, 0.5) is 4.39 Å². The Morgan fingerprint density at radius 1 is 1.18 bits per heavy atom. The van der Waals surface area contributed by atoms with Crippen molar-refractivity contribution in [3.05, 3.63) is 59.0 Å². The molecule has 3 N–H and O–H groups in total. The van der Waals surface area contributed by atoms with Crippen molar-refractivity contribution in [1.82, 2.24) is 10.6 Å². The summed E-state index contributed by atoms with van der Waals surface area (Å²) in [6.07, 6.45) is 0. The summed E-state index contributed by atoms with van der Waals surface area (Å²) in [5.74, 6) is 2.15. The van der Waals surface area contributed by atoms with Crippen LogP contribution >= 0.6 is 0 Å². The highest BCUT2D eigenvalue weighted by Crippen LogP contribution is 2.26. The third kappa shape index (κ3) is 4.36. The van der Waals surface area contributed by atoms with E-state index in [1.54, 1.807) is 19.1 Å². The maximum atomic E-state index is 13.5. The van der Waals surface area contributed by atoms with Gasteiger partial charge in [0.05, 0.1) is 6.54 Å². The van der Waals surface area contributed by atoms with Crippen LogP contribution in [-0.4, -0.2) is 24.2 Å². The van der Waals surface area contributed by atoms with Gasteiger partial charge in [-0.2, -0.15) is 0 Å². The number of nitrogens with zero attached hydrogens (tertiary/aromatic N) is 1. The molecule has 0 aliphatic carbocycles. The summed E-state index contributed by atoms with van der Waals surface area (Å²) in [5, 5.41) is 17.7. The molecule has 0 bridgehead atoms. The third-order valence-corrected chi connectivity index (χ3v) is 4.59. The number of furan rings is 2. The van der Waals surface area contributed by atoms with Gasteiger partial charge >= 0.3 is 0 Å². The minimum Gasteiger partial charge on any atom is -0.463 e. The number of fused-ring (bicyclic) bond motifs is 1. The molecule has 0 saturated carbocycles. The summed E-state index contributed by atoms with van der Waals surface area (Å²) in [5.41, 5.74) is 0.322. The molecule has 3 rings (SSSR count). The third-order valence-electron chi connectivity index (χ3n) is 4.59. The van der Waals surface area contributed by atoms with Crippen molar-refractivity contribution < 1.29 is 18.3 Å². The number of benzene rings is 1. The van der Waals surface area contributed by atoms with Crippen molar-refractivity contribution in [3.8, 4) is 0 Å². The van der Waals surface area contributed by atoms with E-state index < -0.39 is 5.60 Å². The molecule has 1 atom stereocenters. The van der Waals surface area contributed by atoms with Gasteiger partial charge in [-0.3, -0.25) is 0 Å². The fourth-order valence-electron chi connectivity index (χ4n) is 2.95. The fraction of sp³-hybridized carbons (Fsp3) is 0.381. The van der Waals surface area contributed by atoms with Gasteiger partial charge in [0.15, 0.2) is 5.96 Å². The Morgan fingerprint density at radius 3 is 2.64 bits per heavy atom. The van der Waals surface area contributed by atoms with Gasteiger partial charge in [0.25, 0.3) is 0 Å². The molecule has 0 radical (unpaired) electrons. The van der Waals surface area contributed by atoms with E-state index in [4.69, 9.17) is 8.83 Å². The molecule has 0 spiro atoms. The number of aliphatic imine (C=N–C) groups is 1. The highest BCUT2D eigenvalue weighted by molar-refractivity contribution is 5.82. The molecule has 7 heteroatoms. The van der Waals surface area contributed by atoms with Crippen LogP contribution in [-0.2, 0) is 12.1 Å². The predicted molar refractivity (Wildman–Crippen MR) is 107 cm³/mol. The number of rotatable bonds is 6. The summed E-state index contributed by atoms with van der Waals surface area (Å²) in [6, 6.07) is 8.04. The summed E-state index contributed by atoms with van der Waals surface area (Å²) in [4.78, 5) is 4.53. The van der Waals surface area contributed by atoms with E-state index in [1.807, 2.05) is 26.8 Å². The van der Waals surface area contributed by atoms with Crippen LogP contribution in [0, 0.1) is 19.7 Å². The highest BCUT2D eigenvalue weighted by atomic mass is 19.1. The largest absolute Gasteiger partial charge is 0.463 e. The monoisotopic (exact) mass is 387 g/mol. The second-order valence-electron chi connectivity index (χ2n) is 7.02. The van der Waals surface area contributed by atoms with Crippen LogP contribution in [0.3, 0.4) is 0 Å². The maximum Gasteiger partial charge on any atom is 0.191 e. The molecule has 0 amide bonds. The first-order valence-electron chi connectivity index (χ1n) is 9.29. The van der Waals surface area contributed by atoms with Gasteiger partial charge in [-0.15, -0.1) is 0 Å². The van der Waals surface area contributed by atoms with E-state index in [-0.39, 0.29) is 12.4 Å². The Bertz CT molecular complexity index is 988. The van der Waals surface area contributed by atoms with Crippen LogP contribution in [0.25, 0.3) is 11.0 Å². The highest BCUT2D eigenvalue weighted by Gasteiger charge is 2.27. The molecule has 0 fully saturated rings. The number of nitrogens with one attached hydrogen (secondary N) is 2. The zero-order chi connectivity index (χ0) is 20.3. The van der Waals surface area contributed by atoms with Crippen LogP contribution in [0.5, 0.6) is 0 Å². The Balaban J connectivity index is 1.73. The molecular formula is C21H26FN3O3. The second-order valence-corrected chi connectivity index (χ2v) is 7.02. The van der Waals surface area contributed by atoms with Crippen molar-refractivity contribution in [2.45, 2.75) is 39.8 Å². The molecule has 2 heterocycles. The summed E-state index contributed by atoms with van der Waals surface area (Å²) in [6.45, 7) is 8.54. The average Bonchev–Trinajstić information content (AvgIpc) is 3.22. The Morgan fingerprint density at radius 2 is 1.96 bits per heavy atom. The Kier molecular flexibility index (Phi) is 5.74. The molecule has 0 aliphatic heterocycles. The fourth-order valence-corrected chi connectivity index (χ4v) is 2.95. The first-order valence-corrected chi connectivity index (χ1v) is 9.29. The molecule has 28 heavy (non-hydrogen) atoms. The number of guanidine groups is 1. The predicted octanol–water partition coefficient (Wildman–Crippen LogP) is 3.74. The van der Waals surface area contributed by atoms with Gasteiger partial charge in [0.2, 0.25) is 0 Å². The number of aliphatic hydroxyl groups is 1. The van der Waals surface area contributed by atoms with Crippen LogP contribution in [0.2, 0.25) is 0 Å². The lowest BCUT2D eigenvalue weighted by molar-refractivity contribution is 0.0378. The van der Waals surface area contributed by atoms with Gasteiger partial charge in [0.1, 0.15) is 40.8 Å². The molecule has 1 unspecified atom stereocenters. The quantitative estimate of drug-likeness (QED) is 0.443. The van der Waals surface area contributed by atoms with Gasteiger partial charge < -0.3 is 24.6 Å². The van der Waals surface area contributed by atoms with Gasteiger partial charge in [0, 0.05) is 17.5 Å². The molecular weight excluding hydrogens is 361 g/mol. The zero-order valence-electron chi connectivity index (χ0n) is 16.6. The van der Waals surface area contributed by atoms with Crippen LogP contribution in [0.1, 0.15) is 36.7 Å². The molecule has 1 aromatic carbocycles. The van der Waals surface area contributed by atoms with Crippen LogP contribution < -0.4 is 10.6 Å². The lowest BCUT2D eigenvalue weighted by Crippen LogP contribution is -2.44. The number of halogens is 1. The van der Waals surface area contributed by atoms with Crippen molar-refractivity contribution in [3.63, 3.8) is 0 Å². The Labute approximate surface area is 163 Å². The second kappa shape index (κ2) is 8.06. The number of hydrogen-bond acceptors (Lipinski definition) is 4. The van der Waals surface area contributed by atoms with Crippen molar-refractivity contribution in [1.29, 1.82) is 0 Å². The van der Waals surface area contributed by atoms with Crippen LogP contribution in [0.15, 0.2) is 44.2 Å². The summed E-state index contributed by atoms with van der Waals surface area (Å²) >= 11 is 0. The number of aryl methyl sites for hydroxylation is 2. The first kappa shape index (κ1) is 19.9. The molecule has 3 aromatic rings. The molecule has 6 nitrogen and oxygen atoms in total. The van der Waals surface area contributed by atoms with Gasteiger partial charge in [-0.1, -0.05) is 0 Å². The smallest absolute Gasteiger partial charge is 0.191 e. The standard InChI is InChI=1S/C21H26FN3O3/c1-5-23-20(25-12-21(4,26)19-9-6-13(2)27-19)24-11-18-14(3)16-10-15(22)7-8-17(16)28-18/h6-10,26H,5,11-12H2,1-4H3,(H2,23,24,25). The maximum absolute atomic E-state index is 13.5. The molecule has 0 saturated heterocycles. The van der Waals surface area contributed by atoms with Crippen molar-refractivity contribution in [2.75, 3.05) is 13.1 Å². The minimum atomic E-state index is -1.18. The van der Waals surface area contributed by atoms with E-state index in [9.17, 15) is 9.50 Å². The molecule has 2 aromatic heterocycles. The number of hydrogen-bond donors (Lipinski definition) is 3. The minimum absolute atomic E-state index is 0.218. The topological polar surface area (TPSA) is 82.9 Å². The summed E-state index contributed by atoms with van der Waals surface area (Å²) in [7, 11) is 0. The van der Waals surface area contributed by atoms with E-state index in [1.165, 1.54) is 12.1 Å². The SMILES string of the molecule is CCNC(=NCc1oc2ccc(F)cc2c1C)NCC(C)(O)c1ccc(C)o1. The normalized spacial score (nSPS) is 14.3. The van der Waals surface area contributed by atoms with Gasteiger partial charge in [-0.05, 0) is 58.0 Å². The van der Waals surface area contributed by atoms with E-state index in [2.05, 4.69) is 15.6 Å². The average molecular weight is 387 g/mol. The van der Waals surface area contributed by atoms with Crippen molar-refractivity contribution in [2.24, 2.45) is 4.99 Å². The zero-order valence-corrected chi connectivity index (χ0v) is 16.6. The Hall–Kier alpha value is -2.80. The molecule has 0 aliphatic rings. The first-order chi connectivity index (χ1) is 13.3.